The first kappa shape index (κ1) is 23.3. The number of carbonyl (C=O) groups is 3. The molecule has 0 aliphatic carbocycles. The highest BCUT2D eigenvalue weighted by molar-refractivity contribution is 5.90. The van der Waals surface area contributed by atoms with Gasteiger partial charge in [0.05, 0.1) is 0 Å². The standard InChI is InChI=1S/C21H29FN2O4/c1-3-4-5-6-7-8-13-18(21(27)28)24-20(26)19(23-15(2)25)14-16-11-9-10-12-17(16)22/h3,9-12,18-19H,1,4-8,13-14H2,2H3,(H,23,25)(H,24,26)(H,27,28)/t18-,19+/m1/s1. The second-order valence-electron chi connectivity index (χ2n) is 6.73. The first-order valence-corrected chi connectivity index (χ1v) is 9.49. The Morgan fingerprint density at radius 3 is 2.39 bits per heavy atom. The van der Waals surface area contributed by atoms with Gasteiger partial charge in [-0.15, -0.1) is 6.58 Å². The number of nitrogens with one attached hydrogen (secondary N) is 2. The number of carboxylic acids is 1. The summed E-state index contributed by atoms with van der Waals surface area (Å²) in [5.74, 6) is -2.71. The highest BCUT2D eigenvalue weighted by Crippen LogP contribution is 2.11. The summed E-state index contributed by atoms with van der Waals surface area (Å²) in [5.41, 5.74) is 0.269. The molecule has 0 aliphatic heterocycles. The van der Waals surface area contributed by atoms with Crippen LogP contribution in [0, 0.1) is 5.82 Å². The summed E-state index contributed by atoms with van der Waals surface area (Å²) in [4.78, 5) is 35.5. The number of aliphatic carboxylic acids is 1. The maximum Gasteiger partial charge on any atom is 0.326 e. The minimum absolute atomic E-state index is 0.0635. The number of carbonyl (C=O) groups excluding carboxylic acids is 2. The van der Waals surface area contributed by atoms with Crippen LogP contribution in [-0.2, 0) is 20.8 Å². The predicted molar refractivity (Wildman–Crippen MR) is 105 cm³/mol. The number of hydrogen-bond acceptors (Lipinski definition) is 3. The maximum atomic E-state index is 13.9. The molecule has 0 aromatic heterocycles. The van der Waals surface area contributed by atoms with E-state index in [1.165, 1.54) is 25.1 Å². The molecule has 3 N–H and O–H groups in total. The number of halogens is 1. The number of carboxylic acid groups (broad SMARTS) is 1. The lowest BCUT2D eigenvalue weighted by molar-refractivity contribution is -0.142. The van der Waals surface area contributed by atoms with Crippen molar-refractivity contribution in [2.24, 2.45) is 0 Å². The zero-order chi connectivity index (χ0) is 20.9. The summed E-state index contributed by atoms with van der Waals surface area (Å²) < 4.78 is 13.9. The van der Waals surface area contributed by atoms with Crippen molar-refractivity contribution >= 4 is 17.8 Å². The Bertz CT molecular complexity index is 678. The molecule has 1 aromatic carbocycles. The minimum Gasteiger partial charge on any atom is -0.480 e. The van der Waals surface area contributed by atoms with Crippen molar-refractivity contribution in [2.45, 2.75) is 64.0 Å². The van der Waals surface area contributed by atoms with Crippen LogP contribution < -0.4 is 10.6 Å². The predicted octanol–water partition coefficient (Wildman–Crippen LogP) is 2.97. The molecule has 0 aliphatic rings. The van der Waals surface area contributed by atoms with Gasteiger partial charge >= 0.3 is 5.97 Å². The summed E-state index contributed by atoms with van der Waals surface area (Å²) in [6, 6.07) is 3.85. The van der Waals surface area contributed by atoms with Crippen molar-refractivity contribution < 1.29 is 23.9 Å². The van der Waals surface area contributed by atoms with Crippen LogP contribution >= 0.6 is 0 Å². The van der Waals surface area contributed by atoms with Gasteiger partial charge in [-0.1, -0.05) is 43.5 Å². The third-order valence-electron chi connectivity index (χ3n) is 4.34. The highest BCUT2D eigenvalue weighted by atomic mass is 19.1. The van der Waals surface area contributed by atoms with E-state index in [1.807, 2.05) is 6.08 Å². The molecule has 7 heteroatoms. The molecule has 0 saturated carbocycles. The monoisotopic (exact) mass is 392 g/mol. The van der Waals surface area contributed by atoms with E-state index in [4.69, 9.17) is 0 Å². The van der Waals surface area contributed by atoms with Gasteiger partial charge in [0.2, 0.25) is 11.8 Å². The lowest BCUT2D eigenvalue weighted by Crippen LogP contribution is -2.52. The molecule has 0 heterocycles. The van der Waals surface area contributed by atoms with Crippen LogP contribution in [-0.4, -0.2) is 35.0 Å². The molecule has 0 unspecified atom stereocenters. The molecule has 0 fully saturated rings. The van der Waals surface area contributed by atoms with Gasteiger partial charge in [-0.05, 0) is 30.9 Å². The van der Waals surface area contributed by atoms with Gasteiger partial charge in [0, 0.05) is 13.3 Å². The third kappa shape index (κ3) is 8.79. The van der Waals surface area contributed by atoms with Gasteiger partial charge < -0.3 is 15.7 Å². The van der Waals surface area contributed by atoms with Gasteiger partial charge in [0.15, 0.2) is 0 Å². The molecule has 0 spiro atoms. The van der Waals surface area contributed by atoms with Crippen LogP contribution in [0.4, 0.5) is 4.39 Å². The smallest absolute Gasteiger partial charge is 0.326 e. The number of unbranched alkanes of at least 4 members (excludes halogenated alkanes) is 4. The molecule has 2 atom stereocenters. The SMILES string of the molecule is C=CCCCCCC[C@@H](NC(=O)[C@H](Cc1ccccc1F)NC(C)=O)C(=O)O. The van der Waals surface area contributed by atoms with Crippen LogP contribution in [0.5, 0.6) is 0 Å². The lowest BCUT2D eigenvalue weighted by Gasteiger charge is -2.21. The summed E-state index contributed by atoms with van der Waals surface area (Å²) in [7, 11) is 0. The van der Waals surface area contributed by atoms with Crippen molar-refractivity contribution in [3.05, 3.63) is 48.3 Å². The quantitative estimate of drug-likeness (QED) is 0.355. The largest absolute Gasteiger partial charge is 0.480 e. The zero-order valence-electron chi connectivity index (χ0n) is 16.2. The first-order chi connectivity index (χ1) is 13.3. The zero-order valence-corrected chi connectivity index (χ0v) is 16.2. The van der Waals surface area contributed by atoms with Crippen molar-refractivity contribution in [1.29, 1.82) is 0 Å². The highest BCUT2D eigenvalue weighted by Gasteiger charge is 2.26. The van der Waals surface area contributed by atoms with Gasteiger partial charge in [-0.3, -0.25) is 9.59 Å². The van der Waals surface area contributed by atoms with Crippen molar-refractivity contribution in [3.63, 3.8) is 0 Å². The normalized spacial score (nSPS) is 12.6. The van der Waals surface area contributed by atoms with Crippen LogP contribution in [0.2, 0.25) is 0 Å². The molecular weight excluding hydrogens is 363 g/mol. The van der Waals surface area contributed by atoms with E-state index in [-0.39, 0.29) is 12.0 Å². The molecule has 0 saturated heterocycles. The van der Waals surface area contributed by atoms with Crippen LogP contribution in [0.1, 0.15) is 51.0 Å². The van der Waals surface area contributed by atoms with E-state index < -0.39 is 35.7 Å². The van der Waals surface area contributed by atoms with Crippen LogP contribution in [0.3, 0.4) is 0 Å². The Morgan fingerprint density at radius 1 is 1.11 bits per heavy atom. The van der Waals surface area contributed by atoms with Gasteiger partial charge in [-0.25, -0.2) is 9.18 Å². The molecule has 0 bridgehead atoms. The topological polar surface area (TPSA) is 95.5 Å². The van der Waals surface area contributed by atoms with Crippen LogP contribution in [0.15, 0.2) is 36.9 Å². The summed E-state index contributed by atoms with van der Waals surface area (Å²) >= 11 is 0. The fourth-order valence-electron chi connectivity index (χ4n) is 2.86. The Labute approximate surface area is 165 Å². The van der Waals surface area contributed by atoms with E-state index in [2.05, 4.69) is 17.2 Å². The Balaban J connectivity index is 2.69. The molecule has 2 amide bonds. The Hall–Kier alpha value is -2.70. The van der Waals surface area contributed by atoms with E-state index in [0.717, 1.165) is 25.7 Å². The number of rotatable bonds is 13. The molecule has 28 heavy (non-hydrogen) atoms. The molecule has 1 aromatic rings. The fraction of sp³-hybridized carbons (Fsp3) is 0.476. The second kappa shape index (κ2) is 12.6. The Morgan fingerprint density at radius 2 is 1.79 bits per heavy atom. The number of allylic oxidation sites excluding steroid dienone is 1. The molecule has 0 radical (unpaired) electrons. The molecule has 154 valence electrons. The Kier molecular flexibility index (Phi) is 10.5. The van der Waals surface area contributed by atoms with Crippen molar-refractivity contribution in [1.82, 2.24) is 10.6 Å². The number of hydrogen-bond donors (Lipinski definition) is 3. The summed E-state index contributed by atoms with van der Waals surface area (Å²) in [5, 5.41) is 14.3. The third-order valence-corrected chi connectivity index (χ3v) is 4.34. The van der Waals surface area contributed by atoms with Crippen molar-refractivity contribution in [2.75, 3.05) is 0 Å². The number of amides is 2. The average Bonchev–Trinajstić information content (AvgIpc) is 2.64. The van der Waals surface area contributed by atoms with Crippen LogP contribution in [0.25, 0.3) is 0 Å². The maximum absolute atomic E-state index is 13.9. The average molecular weight is 392 g/mol. The molecule has 1 rings (SSSR count). The lowest BCUT2D eigenvalue weighted by atomic mass is 10.0. The minimum atomic E-state index is -1.13. The van der Waals surface area contributed by atoms with Gasteiger partial charge in [-0.2, -0.15) is 0 Å². The van der Waals surface area contributed by atoms with E-state index in [1.54, 1.807) is 6.07 Å². The van der Waals surface area contributed by atoms with E-state index in [9.17, 15) is 23.9 Å². The van der Waals surface area contributed by atoms with E-state index in [0.29, 0.717) is 12.8 Å². The summed E-state index contributed by atoms with van der Waals surface area (Å²) in [6.07, 6.45) is 6.48. The second-order valence-corrected chi connectivity index (χ2v) is 6.73. The van der Waals surface area contributed by atoms with Crippen molar-refractivity contribution in [3.8, 4) is 0 Å². The van der Waals surface area contributed by atoms with E-state index >= 15 is 0 Å². The summed E-state index contributed by atoms with van der Waals surface area (Å²) in [6.45, 7) is 4.91. The molecular formula is C21H29FN2O4. The number of benzene rings is 1. The first-order valence-electron chi connectivity index (χ1n) is 9.49. The molecule has 6 nitrogen and oxygen atoms in total. The fourth-order valence-corrected chi connectivity index (χ4v) is 2.86. The van der Waals surface area contributed by atoms with Gasteiger partial charge in [0.25, 0.3) is 0 Å². The van der Waals surface area contributed by atoms with Gasteiger partial charge in [0.1, 0.15) is 17.9 Å².